The summed E-state index contributed by atoms with van der Waals surface area (Å²) in [6.07, 6.45) is 11.8. The number of aromatic nitrogens is 7. The van der Waals surface area contributed by atoms with Gasteiger partial charge >= 0.3 is 0 Å². The van der Waals surface area contributed by atoms with E-state index in [2.05, 4.69) is 30.1 Å². The quantitative estimate of drug-likeness (QED) is 0.383. The van der Waals surface area contributed by atoms with Crippen molar-refractivity contribution in [3.05, 3.63) is 125 Å². The van der Waals surface area contributed by atoms with Crippen molar-refractivity contribution in [3.63, 3.8) is 0 Å². The molecule has 0 saturated heterocycles. The van der Waals surface area contributed by atoms with Crippen molar-refractivity contribution >= 4 is 22.7 Å². The van der Waals surface area contributed by atoms with Crippen LogP contribution in [-0.4, -0.2) is 35.1 Å². The minimum atomic E-state index is -1.03. The molecule has 1 aliphatic heterocycles. The van der Waals surface area contributed by atoms with Crippen LogP contribution in [0.5, 0.6) is 0 Å². The minimum Gasteiger partial charge on any atom is -0.471 e. The highest BCUT2D eigenvalue weighted by Gasteiger charge is 2.57. The second-order valence-electron chi connectivity index (χ2n) is 7.52. The first-order valence-electron chi connectivity index (χ1n) is 10.6. The molecule has 0 spiro atoms. The maximum atomic E-state index is 6.98. The summed E-state index contributed by atoms with van der Waals surface area (Å²) in [6, 6.07) is 15.4. The summed E-state index contributed by atoms with van der Waals surface area (Å²) in [5.41, 5.74) is 1.74. The molecule has 164 valence electrons. The molecule has 8 nitrogen and oxygen atoms in total. The molecule has 0 amide bonds. The van der Waals surface area contributed by atoms with E-state index >= 15 is 0 Å². The van der Waals surface area contributed by atoms with E-state index in [1.54, 1.807) is 60.8 Å². The third kappa shape index (κ3) is 3.25. The van der Waals surface area contributed by atoms with Crippen LogP contribution in [-0.2, 0) is 10.3 Å². The molecule has 2 atom stereocenters. The van der Waals surface area contributed by atoms with Gasteiger partial charge in [-0.05, 0) is 41.8 Å². The van der Waals surface area contributed by atoms with Crippen molar-refractivity contribution in [2.45, 2.75) is 11.5 Å². The maximum absolute atomic E-state index is 6.98. The average molecular weight is 464 g/mol. The van der Waals surface area contributed by atoms with Crippen LogP contribution >= 0.6 is 11.3 Å². The van der Waals surface area contributed by atoms with Gasteiger partial charge in [-0.1, -0.05) is 12.1 Å². The Balaban J connectivity index is 1.72. The van der Waals surface area contributed by atoms with Crippen LogP contribution in [0.15, 0.2) is 97.3 Å². The number of thiophene rings is 1. The van der Waals surface area contributed by atoms with Gasteiger partial charge in [-0.2, -0.15) is 10.2 Å². The van der Waals surface area contributed by atoms with E-state index in [1.807, 2.05) is 47.8 Å². The summed E-state index contributed by atoms with van der Waals surface area (Å²) in [5.74, 6) is 0.608. The van der Waals surface area contributed by atoms with Gasteiger partial charge in [0.2, 0.25) is 0 Å². The Kier molecular flexibility index (Phi) is 5.08. The maximum Gasteiger partial charge on any atom is 0.197 e. The van der Waals surface area contributed by atoms with Gasteiger partial charge < -0.3 is 4.74 Å². The summed E-state index contributed by atoms with van der Waals surface area (Å²) >= 11 is 1.59. The van der Waals surface area contributed by atoms with Crippen LogP contribution in [0.1, 0.15) is 33.7 Å². The minimum absolute atomic E-state index is 0.450. The largest absolute Gasteiger partial charge is 0.471 e. The Morgan fingerprint density at radius 2 is 1.71 bits per heavy atom. The van der Waals surface area contributed by atoms with E-state index in [4.69, 9.17) is 9.72 Å². The number of hydrogen-bond donors (Lipinski definition) is 0. The molecule has 0 aliphatic carbocycles. The van der Waals surface area contributed by atoms with Gasteiger partial charge in [-0.3, -0.25) is 9.97 Å². The monoisotopic (exact) mass is 463 g/mol. The molecule has 2 unspecified atom stereocenters. The molecule has 0 bridgehead atoms. The lowest BCUT2D eigenvalue weighted by molar-refractivity contribution is 0.0825. The molecule has 0 fully saturated rings. The van der Waals surface area contributed by atoms with Crippen molar-refractivity contribution in [2.75, 3.05) is 0 Å². The first-order valence-corrected chi connectivity index (χ1v) is 11.5. The third-order valence-electron chi connectivity index (χ3n) is 5.63. The van der Waals surface area contributed by atoms with E-state index in [9.17, 15) is 0 Å². The predicted molar refractivity (Wildman–Crippen MR) is 126 cm³/mol. The van der Waals surface area contributed by atoms with Crippen LogP contribution in [0, 0.1) is 0 Å². The van der Waals surface area contributed by atoms with Gasteiger partial charge in [0.15, 0.2) is 17.2 Å². The molecule has 5 aromatic heterocycles. The first-order chi connectivity index (χ1) is 16.9. The molecule has 9 heteroatoms. The van der Waals surface area contributed by atoms with Crippen LogP contribution in [0.2, 0.25) is 0 Å². The molecule has 0 radical (unpaired) electrons. The van der Waals surface area contributed by atoms with E-state index < -0.39 is 11.5 Å². The summed E-state index contributed by atoms with van der Waals surface area (Å²) in [4.78, 5) is 23.7. The molecule has 34 heavy (non-hydrogen) atoms. The molecular weight excluding hydrogens is 446 g/mol. The van der Waals surface area contributed by atoms with Gasteiger partial charge in [-0.15, -0.1) is 11.3 Å². The molecule has 0 saturated carbocycles. The highest BCUT2D eigenvalue weighted by Crippen LogP contribution is 2.59. The van der Waals surface area contributed by atoms with Crippen molar-refractivity contribution in [1.82, 2.24) is 35.1 Å². The average Bonchev–Trinajstić information content (AvgIpc) is 3.58. The molecular formula is C25H17N7OS. The second-order valence-corrected chi connectivity index (χ2v) is 8.47. The second kappa shape index (κ2) is 8.53. The molecule has 1 aliphatic rings. The van der Waals surface area contributed by atoms with E-state index in [0.717, 1.165) is 16.1 Å². The normalized spacial score (nSPS) is 19.7. The van der Waals surface area contributed by atoms with Crippen molar-refractivity contribution < 1.29 is 4.74 Å². The fraction of sp³-hybridized carbons (Fsp3) is 0.0800. The van der Waals surface area contributed by atoms with Crippen molar-refractivity contribution in [3.8, 4) is 0 Å². The van der Waals surface area contributed by atoms with Gasteiger partial charge in [0.1, 0.15) is 5.69 Å². The molecule has 6 rings (SSSR count). The highest BCUT2D eigenvalue weighted by atomic mass is 32.1. The lowest BCUT2D eigenvalue weighted by atomic mass is 9.77. The molecule has 0 aromatic carbocycles. The topological polar surface area (TPSA) is 99.5 Å². The summed E-state index contributed by atoms with van der Waals surface area (Å²) < 4.78 is 6.98. The Morgan fingerprint density at radius 3 is 2.41 bits per heavy atom. The van der Waals surface area contributed by atoms with Gasteiger partial charge in [0.05, 0.1) is 34.0 Å². The smallest absolute Gasteiger partial charge is 0.197 e. The zero-order valence-corrected chi connectivity index (χ0v) is 18.6. The Hall–Kier alpha value is -4.37. The van der Waals surface area contributed by atoms with Crippen LogP contribution in [0.25, 0.3) is 11.3 Å². The fourth-order valence-electron chi connectivity index (χ4n) is 4.30. The lowest BCUT2D eigenvalue weighted by Gasteiger charge is -2.34. The van der Waals surface area contributed by atoms with Crippen LogP contribution < -0.4 is 0 Å². The third-order valence-corrected chi connectivity index (χ3v) is 6.61. The standard InChI is InChI=1S/C25H17N7OS/c1-2-9-28-19(7-1)25(20-8-4-15-34-20)22(17-6-3-12-31-32-17)21(24-29-10-5-11-30-24)23(33-25)18-16-26-13-14-27-18/h1-16,22H. The van der Waals surface area contributed by atoms with E-state index in [1.165, 1.54) is 0 Å². The molecule has 5 aromatic rings. The van der Waals surface area contributed by atoms with Crippen molar-refractivity contribution in [2.24, 2.45) is 0 Å². The number of ether oxygens (including phenoxy) is 1. The summed E-state index contributed by atoms with van der Waals surface area (Å²) in [6.45, 7) is 0. The summed E-state index contributed by atoms with van der Waals surface area (Å²) in [5, 5.41) is 10.7. The van der Waals surface area contributed by atoms with Crippen molar-refractivity contribution in [1.29, 1.82) is 0 Å². The Labute approximate surface area is 199 Å². The molecule has 6 heterocycles. The van der Waals surface area contributed by atoms with Gasteiger partial charge in [0, 0.05) is 37.2 Å². The van der Waals surface area contributed by atoms with E-state index in [-0.39, 0.29) is 0 Å². The van der Waals surface area contributed by atoms with Crippen LogP contribution in [0.3, 0.4) is 0 Å². The highest BCUT2D eigenvalue weighted by molar-refractivity contribution is 7.10. The zero-order valence-electron chi connectivity index (χ0n) is 17.8. The predicted octanol–water partition coefficient (Wildman–Crippen LogP) is 4.14. The number of hydrogen-bond acceptors (Lipinski definition) is 9. The lowest BCUT2D eigenvalue weighted by Crippen LogP contribution is -2.35. The number of pyridine rings is 1. The Bertz CT molecular complexity index is 1420. The molecule has 0 N–H and O–H groups in total. The summed E-state index contributed by atoms with van der Waals surface area (Å²) in [7, 11) is 0. The van der Waals surface area contributed by atoms with E-state index in [0.29, 0.717) is 23.0 Å². The van der Waals surface area contributed by atoms with Crippen LogP contribution in [0.4, 0.5) is 0 Å². The fourth-order valence-corrected chi connectivity index (χ4v) is 5.20. The van der Waals surface area contributed by atoms with Gasteiger partial charge in [0.25, 0.3) is 0 Å². The number of rotatable bonds is 5. The SMILES string of the molecule is c1ccc(C2(c3cccs3)OC(c3cnccn3)=C(c3ncccn3)C2c2cccnn2)nc1. The zero-order chi connectivity index (χ0) is 22.8. The number of nitrogens with zero attached hydrogens (tertiary/aromatic N) is 7. The first kappa shape index (κ1) is 20.3. The van der Waals surface area contributed by atoms with Gasteiger partial charge in [-0.25, -0.2) is 15.0 Å². The Morgan fingerprint density at radius 1 is 0.794 bits per heavy atom.